The molecule has 0 fully saturated rings. The molecule has 1 atom stereocenters. The molecule has 1 aromatic rings. The van der Waals surface area contributed by atoms with Crippen LogP contribution >= 0.6 is 15.9 Å². The van der Waals surface area contributed by atoms with Crippen molar-refractivity contribution in [1.29, 1.82) is 0 Å². The zero-order chi connectivity index (χ0) is 8.27. The van der Waals surface area contributed by atoms with Gasteiger partial charge in [-0.25, -0.2) is 0 Å². The van der Waals surface area contributed by atoms with Crippen LogP contribution in [-0.2, 0) is 0 Å². The molecule has 1 unspecified atom stereocenters. The van der Waals surface area contributed by atoms with Crippen molar-refractivity contribution in [2.45, 2.75) is 19.4 Å². The Kier molecular flexibility index (Phi) is 3.09. The van der Waals surface area contributed by atoms with E-state index in [2.05, 4.69) is 28.9 Å². The molecule has 60 valence electrons. The van der Waals surface area contributed by atoms with Gasteiger partial charge in [0.1, 0.15) is 0 Å². The predicted octanol–water partition coefficient (Wildman–Crippen LogP) is 2.86. The molecule has 0 radical (unpaired) electrons. The van der Waals surface area contributed by atoms with Gasteiger partial charge in [-0.15, -0.1) is 0 Å². The summed E-state index contributed by atoms with van der Waals surface area (Å²) in [6.07, 6.45) is 0.975. The van der Waals surface area contributed by atoms with Gasteiger partial charge in [0.15, 0.2) is 0 Å². The highest BCUT2D eigenvalue weighted by atomic mass is 79.9. The first kappa shape index (κ1) is 8.75. The monoisotopic (exact) mass is 213 g/mol. The minimum Gasteiger partial charge on any atom is -0.324 e. The van der Waals surface area contributed by atoms with Crippen molar-refractivity contribution in [3.8, 4) is 0 Å². The van der Waals surface area contributed by atoms with Gasteiger partial charge in [-0.05, 0) is 18.1 Å². The molecule has 0 heterocycles. The average Bonchev–Trinajstić information content (AvgIpc) is 2.04. The summed E-state index contributed by atoms with van der Waals surface area (Å²) in [7, 11) is 0. The van der Waals surface area contributed by atoms with E-state index >= 15 is 0 Å². The van der Waals surface area contributed by atoms with E-state index in [1.807, 2.05) is 18.2 Å². The van der Waals surface area contributed by atoms with Gasteiger partial charge in [0.25, 0.3) is 0 Å². The lowest BCUT2D eigenvalue weighted by Crippen LogP contribution is -2.08. The normalized spacial score (nSPS) is 13.0. The Balaban J connectivity index is 2.93. The molecule has 0 aromatic heterocycles. The van der Waals surface area contributed by atoms with Crippen LogP contribution in [0.2, 0.25) is 0 Å². The maximum Gasteiger partial charge on any atom is 0.0303 e. The molecule has 0 bridgehead atoms. The molecule has 0 saturated carbocycles. The summed E-state index contributed by atoms with van der Waals surface area (Å²) < 4.78 is 1.11. The van der Waals surface area contributed by atoms with Crippen molar-refractivity contribution in [3.63, 3.8) is 0 Å². The molecule has 0 amide bonds. The number of rotatable bonds is 2. The van der Waals surface area contributed by atoms with Gasteiger partial charge >= 0.3 is 0 Å². The highest BCUT2D eigenvalue weighted by Crippen LogP contribution is 2.22. The van der Waals surface area contributed by atoms with Crippen LogP contribution < -0.4 is 5.73 Å². The van der Waals surface area contributed by atoms with E-state index in [-0.39, 0.29) is 6.04 Å². The van der Waals surface area contributed by atoms with E-state index < -0.39 is 0 Å². The van der Waals surface area contributed by atoms with Crippen LogP contribution in [0.15, 0.2) is 28.7 Å². The fourth-order valence-electron chi connectivity index (χ4n) is 0.996. The Morgan fingerprint density at radius 2 is 2.09 bits per heavy atom. The Labute approximate surface area is 75.7 Å². The van der Waals surface area contributed by atoms with Crippen molar-refractivity contribution in [2.75, 3.05) is 0 Å². The van der Waals surface area contributed by atoms with Gasteiger partial charge in [-0.1, -0.05) is 41.1 Å². The lowest BCUT2D eigenvalue weighted by molar-refractivity contribution is 0.695. The topological polar surface area (TPSA) is 26.0 Å². The van der Waals surface area contributed by atoms with E-state index in [0.29, 0.717) is 0 Å². The number of hydrogen-bond donors (Lipinski definition) is 1. The summed E-state index contributed by atoms with van der Waals surface area (Å²) >= 11 is 3.46. The fraction of sp³-hybridized carbons (Fsp3) is 0.333. The maximum atomic E-state index is 5.87. The molecular formula is C9H12BrN. The Hall–Kier alpha value is -0.340. The van der Waals surface area contributed by atoms with Crippen LogP contribution in [0.1, 0.15) is 24.9 Å². The third-order valence-corrected chi connectivity index (χ3v) is 2.47. The van der Waals surface area contributed by atoms with Gasteiger partial charge in [0.2, 0.25) is 0 Å². The fourth-order valence-corrected chi connectivity index (χ4v) is 1.57. The number of nitrogens with two attached hydrogens (primary N) is 1. The van der Waals surface area contributed by atoms with Gasteiger partial charge in [-0.3, -0.25) is 0 Å². The van der Waals surface area contributed by atoms with Crippen molar-refractivity contribution in [3.05, 3.63) is 34.3 Å². The molecule has 2 heteroatoms. The van der Waals surface area contributed by atoms with Crippen molar-refractivity contribution < 1.29 is 0 Å². The first-order chi connectivity index (χ1) is 5.25. The van der Waals surface area contributed by atoms with Crippen molar-refractivity contribution in [1.82, 2.24) is 0 Å². The van der Waals surface area contributed by atoms with E-state index in [1.54, 1.807) is 0 Å². The van der Waals surface area contributed by atoms with E-state index in [0.717, 1.165) is 10.9 Å². The van der Waals surface area contributed by atoms with Gasteiger partial charge in [-0.2, -0.15) is 0 Å². The first-order valence-electron chi connectivity index (χ1n) is 3.75. The summed E-state index contributed by atoms with van der Waals surface area (Å²) in [5.41, 5.74) is 7.05. The Morgan fingerprint density at radius 3 is 2.64 bits per heavy atom. The van der Waals surface area contributed by atoms with Crippen LogP contribution in [0.5, 0.6) is 0 Å². The SMILES string of the molecule is CCC(N)c1ccccc1Br. The van der Waals surface area contributed by atoms with Crippen molar-refractivity contribution in [2.24, 2.45) is 5.73 Å². The Bertz CT molecular complexity index is 235. The second-order valence-electron chi connectivity index (χ2n) is 2.54. The number of benzene rings is 1. The van der Waals surface area contributed by atoms with Gasteiger partial charge < -0.3 is 5.73 Å². The molecule has 0 saturated heterocycles. The van der Waals surface area contributed by atoms with Crippen LogP contribution in [0.4, 0.5) is 0 Å². The van der Waals surface area contributed by atoms with E-state index in [1.165, 1.54) is 5.56 Å². The number of hydrogen-bond acceptors (Lipinski definition) is 1. The molecule has 2 N–H and O–H groups in total. The maximum absolute atomic E-state index is 5.87. The van der Waals surface area contributed by atoms with Crippen LogP contribution in [0.3, 0.4) is 0 Å². The van der Waals surface area contributed by atoms with E-state index in [4.69, 9.17) is 5.73 Å². The lowest BCUT2D eigenvalue weighted by atomic mass is 10.1. The summed E-state index contributed by atoms with van der Waals surface area (Å²) in [6.45, 7) is 2.09. The second kappa shape index (κ2) is 3.88. The number of halogens is 1. The van der Waals surface area contributed by atoms with Gasteiger partial charge in [0, 0.05) is 10.5 Å². The molecule has 11 heavy (non-hydrogen) atoms. The third-order valence-electron chi connectivity index (χ3n) is 1.74. The van der Waals surface area contributed by atoms with Crippen LogP contribution in [0, 0.1) is 0 Å². The zero-order valence-electron chi connectivity index (χ0n) is 6.55. The summed E-state index contributed by atoms with van der Waals surface area (Å²) in [6, 6.07) is 8.24. The predicted molar refractivity (Wildman–Crippen MR) is 51.4 cm³/mol. The van der Waals surface area contributed by atoms with Crippen LogP contribution in [-0.4, -0.2) is 0 Å². The molecular weight excluding hydrogens is 202 g/mol. The highest BCUT2D eigenvalue weighted by Gasteiger charge is 2.05. The summed E-state index contributed by atoms with van der Waals surface area (Å²) in [5, 5.41) is 0. The van der Waals surface area contributed by atoms with Crippen LogP contribution in [0.25, 0.3) is 0 Å². The molecule has 0 spiro atoms. The average molecular weight is 214 g/mol. The molecule has 1 rings (SSSR count). The standard InChI is InChI=1S/C9H12BrN/c1-2-9(11)7-5-3-4-6-8(7)10/h3-6,9H,2,11H2,1H3. The zero-order valence-corrected chi connectivity index (χ0v) is 8.14. The molecule has 0 aliphatic carbocycles. The molecule has 1 aromatic carbocycles. The molecule has 0 aliphatic rings. The molecule has 0 aliphatic heterocycles. The smallest absolute Gasteiger partial charge is 0.0303 e. The lowest BCUT2D eigenvalue weighted by Gasteiger charge is -2.10. The minimum absolute atomic E-state index is 0.158. The second-order valence-corrected chi connectivity index (χ2v) is 3.39. The Morgan fingerprint density at radius 1 is 1.45 bits per heavy atom. The summed E-state index contributed by atoms with van der Waals surface area (Å²) in [4.78, 5) is 0. The quantitative estimate of drug-likeness (QED) is 0.804. The largest absolute Gasteiger partial charge is 0.324 e. The van der Waals surface area contributed by atoms with E-state index in [9.17, 15) is 0 Å². The summed E-state index contributed by atoms with van der Waals surface area (Å²) in [5.74, 6) is 0. The first-order valence-corrected chi connectivity index (χ1v) is 4.55. The highest BCUT2D eigenvalue weighted by molar-refractivity contribution is 9.10. The minimum atomic E-state index is 0.158. The van der Waals surface area contributed by atoms with Gasteiger partial charge in [0.05, 0.1) is 0 Å². The third kappa shape index (κ3) is 2.04. The van der Waals surface area contributed by atoms with Crippen molar-refractivity contribution >= 4 is 15.9 Å². The molecule has 1 nitrogen and oxygen atoms in total.